The number of para-hydroxylation sites is 1. The summed E-state index contributed by atoms with van der Waals surface area (Å²) < 4.78 is 7.67. The van der Waals surface area contributed by atoms with E-state index in [1.807, 2.05) is 43.1 Å². The van der Waals surface area contributed by atoms with Gasteiger partial charge in [-0.05, 0) is 44.2 Å². The zero-order chi connectivity index (χ0) is 26.3. The summed E-state index contributed by atoms with van der Waals surface area (Å²) in [7, 11) is 1.89. The number of carbonyl (C=O) groups excluding carboxylic acids is 2. The predicted octanol–water partition coefficient (Wildman–Crippen LogP) is 3.40. The number of esters is 1. The van der Waals surface area contributed by atoms with E-state index in [0.29, 0.717) is 26.4 Å². The number of hydrogen-bond donors (Lipinski definition) is 0. The van der Waals surface area contributed by atoms with E-state index < -0.39 is 11.9 Å². The van der Waals surface area contributed by atoms with Gasteiger partial charge in [0.25, 0.3) is 11.5 Å². The van der Waals surface area contributed by atoms with Crippen LogP contribution < -0.4 is 24.7 Å². The van der Waals surface area contributed by atoms with Crippen molar-refractivity contribution in [2.45, 2.75) is 31.7 Å². The van der Waals surface area contributed by atoms with Gasteiger partial charge >= 0.3 is 5.97 Å². The van der Waals surface area contributed by atoms with Crippen molar-refractivity contribution in [2.24, 2.45) is 5.10 Å². The number of ether oxygens (including phenoxy) is 1. The summed E-state index contributed by atoms with van der Waals surface area (Å²) in [4.78, 5) is 42.7. The van der Waals surface area contributed by atoms with Crippen LogP contribution in [0.1, 0.15) is 20.3 Å². The maximum absolute atomic E-state index is 13.7. The first kappa shape index (κ1) is 25.3. The number of hydrogen-bond acceptors (Lipinski definition) is 8. The Labute approximate surface area is 226 Å². The van der Waals surface area contributed by atoms with Gasteiger partial charge in [0.1, 0.15) is 14.2 Å². The third kappa shape index (κ3) is 4.49. The summed E-state index contributed by atoms with van der Waals surface area (Å²) >= 11 is 8.92. The van der Waals surface area contributed by atoms with Gasteiger partial charge in [0, 0.05) is 23.5 Å². The second-order valence-electron chi connectivity index (χ2n) is 8.22. The number of halogens is 1. The summed E-state index contributed by atoms with van der Waals surface area (Å²) in [6, 6.07) is 14.6. The zero-order valence-electron chi connectivity index (χ0n) is 20.4. The molecule has 0 spiro atoms. The SMILES string of the molecule is CCOC(=O)CC1=NN(c2ccccc2)C(=O)/C1=c1/s/c(=C2\Sc3ccc(Cl)cc3N2C)c(=O)n1CC. The van der Waals surface area contributed by atoms with Crippen molar-refractivity contribution in [3.05, 3.63) is 73.1 Å². The van der Waals surface area contributed by atoms with E-state index in [0.717, 1.165) is 15.6 Å². The van der Waals surface area contributed by atoms with Crippen molar-refractivity contribution < 1.29 is 14.3 Å². The molecule has 8 nitrogen and oxygen atoms in total. The first-order chi connectivity index (χ1) is 17.8. The number of anilines is 2. The number of thioether (sulfide) groups is 1. The van der Waals surface area contributed by atoms with Crippen LogP contribution in [0.3, 0.4) is 0 Å². The smallest absolute Gasteiger partial charge is 0.311 e. The van der Waals surface area contributed by atoms with Crippen molar-refractivity contribution in [1.29, 1.82) is 0 Å². The molecule has 0 radical (unpaired) electrons. The molecule has 11 heteroatoms. The average Bonchev–Trinajstić information content (AvgIpc) is 3.50. The molecule has 0 saturated carbocycles. The fourth-order valence-electron chi connectivity index (χ4n) is 4.22. The number of benzene rings is 2. The number of amides is 1. The van der Waals surface area contributed by atoms with Crippen molar-refractivity contribution >= 4 is 74.3 Å². The zero-order valence-corrected chi connectivity index (χ0v) is 22.7. The highest BCUT2D eigenvalue weighted by molar-refractivity contribution is 8.08. The molecule has 3 heterocycles. The maximum atomic E-state index is 13.7. The minimum Gasteiger partial charge on any atom is -0.466 e. The molecular weight excluding hydrogens is 532 g/mol. The molecule has 2 aliphatic rings. The number of hydrazone groups is 1. The lowest BCUT2D eigenvalue weighted by molar-refractivity contribution is -0.141. The summed E-state index contributed by atoms with van der Waals surface area (Å²) in [5.41, 5.74) is 1.78. The molecular formula is C26H23ClN4O4S2. The number of aromatic nitrogens is 1. The minimum absolute atomic E-state index is 0.182. The van der Waals surface area contributed by atoms with E-state index in [2.05, 4.69) is 5.10 Å². The Hall–Kier alpha value is -3.34. The Morgan fingerprint density at radius 3 is 2.57 bits per heavy atom. The van der Waals surface area contributed by atoms with Crippen LogP contribution in [-0.2, 0) is 20.9 Å². The van der Waals surface area contributed by atoms with Crippen LogP contribution in [0.25, 0.3) is 10.6 Å². The maximum Gasteiger partial charge on any atom is 0.311 e. The van der Waals surface area contributed by atoms with Gasteiger partial charge in [-0.1, -0.05) is 41.6 Å². The molecule has 1 aromatic heterocycles. The molecule has 3 aromatic rings. The first-order valence-electron chi connectivity index (χ1n) is 11.7. The molecule has 37 heavy (non-hydrogen) atoms. The second kappa shape index (κ2) is 10.2. The highest BCUT2D eigenvalue weighted by Gasteiger charge is 2.35. The molecule has 5 rings (SSSR count). The fraction of sp³-hybridized carbons (Fsp3) is 0.231. The van der Waals surface area contributed by atoms with Gasteiger partial charge in [-0.2, -0.15) is 10.1 Å². The topological polar surface area (TPSA) is 84.2 Å². The van der Waals surface area contributed by atoms with Gasteiger partial charge < -0.3 is 9.64 Å². The number of rotatable bonds is 5. The molecule has 0 bridgehead atoms. The van der Waals surface area contributed by atoms with E-state index in [1.54, 1.807) is 35.8 Å². The van der Waals surface area contributed by atoms with Crippen molar-refractivity contribution in [3.8, 4) is 0 Å². The van der Waals surface area contributed by atoms with Crippen molar-refractivity contribution in [2.75, 3.05) is 23.6 Å². The molecule has 1 amide bonds. The largest absolute Gasteiger partial charge is 0.466 e. The second-order valence-corrected chi connectivity index (χ2v) is 10.7. The third-order valence-electron chi connectivity index (χ3n) is 5.93. The van der Waals surface area contributed by atoms with Gasteiger partial charge in [0.2, 0.25) is 0 Å². The van der Waals surface area contributed by atoms with Crippen LogP contribution in [-0.4, -0.2) is 35.8 Å². The van der Waals surface area contributed by atoms with Gasteiger partial charge in [0.15, 0.2) is 0 Å². The highest BCUT2D eigenvalue weighted by atomic mass is 35.5. The third-order valence-corrected chi connectivity index (χ3v) is 8.73. The standard InChI is InChI=1S/C26H23ClN4O4S2/c1-4-30-24(34)22(26-29(3)18-13-15(27)11-12-19(18)36-26)37-25(30)21-17(14-20(32)35-5-2)28-31(23(21)33)16-9-7-6-8-10-16/h6-13H,4-5,14H2,1-3H3/b25-21+,26-22-. The molecule has 190 valence electrons. The van der Waals surface area contributed by atoms with E-state index in [9.17, 15) is 14.4 Å². The van der Waals surface area contributed by atoms with E-state index in [4.69, 9.17) is 16.3 Å². The molecule has 0 fully saturated rings. The summed E-state index contributed by atoms with van der Waals surface area (Å²) in [5.74, 6) is -0.885. The number of carbonyl (C=O) groups is 2. The van der Waals surface area contributed by atoms with Gasteiger partial charge in [0.05, 0.1) is 35.7 Å². The summed E-state index contributed by atoms with van der Waals surface area (Å²) in [6.45, 7) is 4.13. The van der Waals surface area contributed by atoms with Crippen LogP contribution >= 0.6 is 34.7 Å². The minimum atomic E-state index is -0.489. The quantitative estimate of drug-likeness (QED) is 0.450. The Balaban J connectivity index is 1.73. The van der Waals surface area contributed by atoms with Crippen LogP contribution in [0, 0.1) is 0 Å². The molecule has 0 saturated heterocycles. The summed E-state index contributed by atoms with van der Waals surface area (Å²) in [5, 5.41) is 7.15. The molecule has 0 aliphatic carbocycles. The lowest BCUT2D eigenvalue weighted by Gasteiger charge is -2.12. The lowest BCUT2D eigenvalue weighted by atomic mass is 10.1. The van der Waals surface area contributed by atoms with Crippen LogP contribution in [0.5, 0.6) is 0 Å². The van der Waals surface area contributed by atoms with E-state index in [-0.39, 0.29) is 29.9 Å². The normalized spacial score (nSPS) is 17.8. The predicted molar refractivity (Wildman–Crippen MR) is 149 cm³/mol. The molecule has 0 unspecified atom stereocenters. The van der Waals surface area contributed by atoms with Crippen molar-refractivity contribution in [1.82, 2.24) is 4.57 Å². The van der Waals surface area contributed by atoms with Crippen LogP contribution in [0.2, 0.25) is 5.02 Å². The molecule has 2 aliphatic heterocycles. The number of fused-ring (bicyclic) bond motifs is 1. The Kier molecular flexibility index (Phi) is 6.98. The van der Waals surface area contributed by atoms with Crippen LogP contribution in [0.4, 0.5) is 11.4 Å². The van der Waals surface area contributed by atoms with Gasteiger partial charge in [-0.25, -0.2) is 0 Å². The Morgan fingerprint density at radius 1 is 1.11 bits per heavy atom. The fourth-order valence-corrected chi connectivity index (χ4v) is 6.94. The highest BCUT2D eigenvalue weighted by Crippen LogP contribution is 2.46. The van der Waals surface area contributed by atoms with E-state index in [1.165, 1.54) is 28.1 Å². The molecule has 0 atom stereocenters. The van der Waals surface area contributed by atoms with Crippen molar-refractivity contribution in [3.63, 3.8) is 0 Å². The van der Waals surface area contributed by atoms with E-state index >= 15 is 0 Å². The monoisotopic (exact) mass is 554 g/mol. The van der Waals surface area contributed by atoms with Crippen LogP contribution in [0.15, 0.2) is 63.3 Å². The number of nitrogens with zero attached hydrogens (tertiary/aromatic N) is 4. The molecule has 2 aromatic carbocycles. The first-order valence-corrected chi connectivity index (χ1v) is 13.7. The Bertz CT molecular complexity index is 1630. The summed E-state index contributed by atoms with van der Waals surface area (Å²) in [6.07, 6.45) is -0.182. The lowest BCUT2D eigenvalue weighted by Crippen LogP contribution is -2.35. The number of thiazole rings is 1. The Morgan fingerprint density at radius 2 is 1.86 bits per heavy atom. The van der Waals surface area contributed by atoms with Gasteiger partial charge in [-0.15, -0.1) is 11.3 Å². The van der Waals surface area contributed by atoms with Gasteiger partial charge in [-0.3, -0.25) is 19.0 Å². The average molecular weight is 555 g/mol. The molecule has 0 N–H and O–H groups in total.